The minimum Gasteiger partial charge on any atom is -0.398 e. The molecule has 3 nitrogen and oxygen atoms in total. The van der Waals surface area contributed by atoms with Crippen LogP contribution in [-0.4, -0.2) is 33.3 Å². The third-order valence-electron chi connectivity index (χ3n) is 2.40. The average Bonchev–Trinajstić information content (AvgIpc) is 2.46. The molecule has 21 heavy (non-hydrogen) atoms. The Balaban J connectivity index is 0. The third kappa shape index (κ3) is 8.92. The lowest BCUT2D eigenvalue weighted by Crippen LogP contribution is -2.09. The molecular formula is C16H27F2N3. The van der Waals surface area contributed by atoms with Crippen LogP contribution in [0.3, 0.4) is 0 Å². The molecule has 0 bridgehead atoms. The molecule has 0 aliphatic carbocycles. The molecular weight excluding hydrogens is 272 g/mol. The largest absolute Gasteiger partial charge is 0.398 e. The fraction of sp³-hybridized carbons (Fsp3) is 0.438. The first kappa shape index (κ1) is 21.5. The van der Waals surface area contributed by atoms with Crippen LogP contribution in [0.1, 0.15) is 19.8 Å². The highest BCUT2D eigenvalue weighted by molar-refractivity contribution is 5.96. The summed E-state index contributed by atoms with van der Waals surface area (Å²) in [6.07, 6.45) is 2.87. The first-order chi connectivity index (χ1) is 9.92. The number of nitrogens with two attached hydrogens (primary N) is 1. The molecule has 0 radical (unpaired) electrons. The van der Waals surface area contributed by atoms with Crippen LogP contribution in [0.5, 0.6) is 0 Å². The molecule has 120 valence electrons. The van der Waals surface area contributed by atoms with Crippen molar-refractivity contribution in [3.8, 4) is 0 Å². The number of aliphatic imine (C=N–C) groups is 1. The predicted molar refractivity (Wildman–Crippen MR) is 88.9 cm³/mol. The van der Waals surface area contributed by atoms with Gasteiger partial charge in [0.25, 0.3) is 6.43 Å². The summed E-state index contributed by atoms with van der Waals surface area (Å²) in [5, 5.41) is 2.75. The van der Waals surface area contributed by atoms with E-state index in [0.717, 1.165) is 6.42 Å². The molecule has 0 amide bonds. The minimum absolute atomic E-state index is 0.170. The van der Waals surface area contributed by atoms with Crippen molar-refractivity contribution >= 4 is 5.71 Å². The molecule has 3 N–H and O–H groups in total. The van der Waals surface area contributed by atoms with Crippen molar-refractivity contribution in [1.82, 2.24) is 5.32 Å². The minimum atomic E-state index is -2.63. The van der Waals surface area contributed by atoms with Crippen LogP contribution >= 0.6 is 0 Å². The zero-order valence-corrected chi connectivity index (χ0v) is 13.4. The first-order valence-corrected chi connectivity index (χ1v) is 6.72. The lowest BCUT2D eigenvalue weighted by atomic mass is 10.0. The number of hydrogen-bond acceptors (Lipinski definition) is 3. The van der Waals surface area contributed by atoms with Crippen LogP contribution in [0.2, 0.25) is 0 Å². The summed E-state index contributed by atoms with van der Waals surface area (Å²) >= 11 is 0. The Labute approximate surface area is 127 Å². The molecule has 0 aromatic carbocycles. The van der Waals surface area contributed by atoms with Gasteiger partial charge in [0.15, 0.2) is 0 Å². The zero-order chi connectivity index (χ0) is 16.8. The Morgan fingerprint density at radius 2 is 1.81 bits per heavy atom. The van der Waals surface area contributed by atoms with Gasteiger partial charge in [-0.3, -0.25) is 4.99 Å². The topological polar surface area (TPSA) is 50.4 Å². The van der Waals surface area contributed by atoms with E-state index in [2.05, 4.69) is 23.5 Å². The van der Waals surface area contributed by atoms with E-state index in [9.17, 15) is 8.78 Å². The summed E-state index contributed by atoms with van der Waals surface area (Å²) < 4.78 is 26.1. The van der Waals surface area contributed by atoms with Crippen LogP contribution in [0.25, 0.3) is 0 Å². The van der Waals surface area contributed by atoms with E-state index in [0.29, 0.717) is 12.1 Å². The van der Waals surface area contributed by atoms with Gasteiger partial charge in [0.1, 0.15) is 0 Å². The van der Waals surface area contributed by atoms with Crippen molar-refractivity contribution in [2.24, 2.45) is 10.7 Å². The average molecular weight is 299 g/mol. The monoisotopic (exact) mass is 299 g/mol. The van der Waals surface area contributed by atoms with E-state index >= 15 is 0 Å². The van der Waals surface area contributed by atoms with Crippen LogP contribution in [-0.2, 0) is 0 Å². The lowest BCUT2D eigenvalue weighted by Gasteiger charge is -2.11. The van der Waals surface area contributed by atoms with Crippen LogP contribution < -0.4 is 11.1 Å². The standard InChI is InChI=1S/C14H20F2N2.C2H7N/c1-5-8-10(18-4)9-12(14(15)16)11(6-2)13(17)7-3;1-3-2/h6-7,9,14H,2-3,5,8,17H2,1,4H3;3H,1-2H3/b12-9+,13-11-,18-10?;. The molecule has 0 aromatic rings. The second kappa shape index (κ2) is 13.2. The third-order valence-corrected chi connectivity index (χ3v) is 2.40. The van der Waals surface area contributed by atoms with Crippen molar-refractivity contribution in [3.05, 3.63) is 48.2 Å². The summed E-state index contributed by atoms with van der Waals surface area (Å²) in [6.45, 7) is 8.95. The van der Waals surface area contributed by atoms with Crippen molar-refractivity contribution < 1.29 is 8.78 Å². The van der Waals surface area contributed by atoms with Crippen molar-refractivity contribution in [1.29, 1.82) is 0 Å². The summed E-state index contributed by atoms with van der Waals surface area (Å²) in [5.74, 6) is 0. The number of halogens is 2. The highest BCUT2D eigenvalue weighted by Crippen LogP contribution is 2.22. The number of nitrogens with one attached hydrogen (secondary N) is 1. The molecule has 0 spiro atoms. The molecule has 0 saturated carbocycles. The Hall–Kier alpha value is -1.75. The summed E-state index contributed by atoms with van der Waals surface area (Å²) in [6, 6.07) is 0. The van der Waals surface area contributed by atoms with E-state index in [1.807, 2.05) is 21.0 Å². The molecule has 0 rings (SSSR count). The van der Waals surface area contributed by atoms with Gasteiger partial charge in [-0.15, -0.1) is 0 Å². The van der Waals surface area contributed by atoms with E-state index in [4.69, 9.17) is 5.73 Å². The highest BCUT2D eigenvalue weighted by Gasteiger charge is 2.16. The number of nitrogens with zero attached hydrogens (tertiary/aromatic N) is 1. The van der Waals surface area contributed by atoms with Gasteiger partial charge in [-0.25, -0.2) is 8.78 Å². The summed E-state index contributed by atoms with van der Waals surface area (Å²) in [4.78, 5) is 3.99. The van der Waals surface area contributed by atoms with Gasteiger partial charge in [0, 0.05) is 29.6 Å². The second-order valence-corrected chi connectivity index (χ2v) is 4.14. The first-order valence-electron chi connectivity index (χ1n) is 6.72. The van der Waals surface area contributed by atoms with Gasteiger partial charge in [-0.05, 0) is 32.7 Å². The fourth-order valence-electron chi connectivity index (χ4n) is 1.45. The van der Waals surface area contributed by atoms with E-state index < -0.39 is 6.43 Å². The predicted octanol–water partition coefficient (Wildman–Crippen LogP) is 3.47. The maximum Gasteiger partial charge on any atom is 0.264 e. The maximum atomic E-state index is 13.1. The van der Waals surface area contributed by atoms with Gasteiger partial charge in [-0.1, -0.05) is 32.6 Å². The van der Waals surface area contributed by atoms with Crippen LogP contribution in [0.15, 0.2) is 53.2 Å². The number of hydrogen-bond donors (Lipinski definition) is 2. The van der Waals surface area contributed by atoms with Gasteiger partial charge in [-0.2, -0.15) is 0 Å². The van der Waals surface area contributed by atoms with Crippen LogP contribution in [0.4, 0.5) is 8.78 Å². The molecule has 0 aliphatic heterocycles. The van der Waals surface area contributed by atoms with Crippen molar-refractivity contribution in [2.45, 2.75) is 26.2 Å². The fourth-order valence-corrected chi connectivity index (χ4v) is 1.45. The van der Waals surface area contributed by atoms with Gasteiger partial charge in [0.2, 0.25) is 0 Å². The van der Waals surface area contributed by atoms with Crippen molar-refractivity contribution in [2.75, 3.05) is 21.1 Å². The second-order valence-electron chi connectivity index (χ2n) is 4.14. The molecule has 0 aliphatic rings. The molecule has 0 saturated heterocycles. The summed E-state index contributed by atoms with van der Waals surface area (Å²) in [7, 11) is 5.33. The van der Waals surface area contributed by atoms with E-state index in [1.165, 1.54) is 18.2 Å². The molecule has 0 atom stereocenters. The van der Waals surface area contributed by atoms with Gasteiger partial charge in [0.05, 0.1) is 0 Å². The highest BCUT2D eigenvalue weighted by atomic mass is 19.3. The SMILES string of the molecule is C=C/C(N)=C(C=C)/C(=C\C(CCC)=NC)C(F)F.CNC. The lowest BCUT2D eigenvalue weighted by molar-refractivity contribution is 0.193. The van der Waals surface area contributed by atoms with E-state index in [-0.39, 0.29) is 16.8 Å². The Morgan fingerprint density at radius 1 is 1.29 bits per heavy atom. The maximum absolute atomic E-state index is 13.1. The smallest absolute Gasteiger partial charge is 0.264 e. The molecule has 0 fully saturated rings. The van der Waals surface area contributed by atoms with Crippen LogP contribution in [0, 0.1) is 0 Å². The molecule has 0 aromatic heterocycles. The van der Waals surface area contributed by atoms with Gasteiger partial charge >= 0.3 is 0 Å². The summed E-state index contributed by atoms with van der Waals surface area (Å²) in [5.41, 5.74) is 6.47. The molecule has 0 heterocycles. The quantitative estimate of drug-likeness (QED) is 0.558. The Kier molecular flexibility index (Phi) is 13.6. The zero-order valence-electron chi connectivity index (χ0n) is 13.4. The number of rotatable bonds is 7. The normalized spacial score (nSPS) is 13.3. The molecule has 5 heteroatoms. The number of allylic oxidation sites excluding steroid dienone is 5. The Morgan fingerprint density at radius 3 is 2.10 bits per heavy atom. The van der Waals surface area contributed by atoms with Gasteiger partial charge < -0.3 is 11.1 Å². The van der Waals surface area contributed by atoms with E-state index in [1.54, 1.807) is 7.05 Å². The Bertz CT molecular complexity index is 408. The number of alkyl halides is 2. The van der Waals surface area contributed by atoms with Crippen molar-refractivity contribution in [3.63, 3.8) is 0 Å². The molecule has 0 unspecified atom stereocenters.